The highest BCUT2D eigenvalue weighted by Crippen LogP contribution is 2.51. The number of furan rings is 1. The quantitative estimate of drug-likeness (QED) is 0.184. The van der Waals surface area contributed by atoms with Gasteiger partial charge in [0.05, 0.1) is 0 Å². The monoisotopic (exact) mass is 653 g/mol. The van der Waals surface area contributed by atoms with Gasteiger partial charge in [-0.3, -0.25) is 0 Å². The highest BCUT2D eigenvalue weighted by Gasteiger charge is 2.35. The standard InChI is InChI=1S/C49H35NO/c1-49(2)44-21-9-8-20-41(44)42-25-23-38(30-45(42)49)50(37-18-11-17-36(29-37)35-16-10-15-34(28-35)32-12-4-3-5-13-32)39-24-26-43-47(31-39)51-46-27-22-33-14-6-7-19-40(33)48(43)46/h3-31H,1-2H3. The Labute approximate surface area is 297 Å². The molecule has 8 aromatic carbocycles. The van der Waals surface area contributed by atoms with Gasteiger partial charge in [-0.05, 0) is 104 Å². The van der Waals surface area contributed by atoms with E-state index in [9.17, 15) is 0 Å². The molecule has 0 atom stereocenters. The van der Waals surface area contributed by atoms with Crippen molar-refractivity contribution in [1.82, 2.24) is 0 Å². The second kappa shape index (κ2) is 11.3. The summed E-state index contributed by atoms with van der Waals surface area (Å²) in [6.07, 6.45) is 0. The molecule has 0 unspecified atom stereocenters. The van der Waals surface area contributed by atoms with Crippen LogP contribution in [0, 0.1) is 0 Å². The summed E-state index contributed by atoms with van der Waals surface area (Å²) in [6.45, 7) is 4.69. The summed E-state index contributed by atoms with van der Waals surface area (Å²) >= 11 is 0. The van der Waals surface area contributed by atoms with Crippen LogP contribution < -0.4 is 4.90 Å². The number of benzene rings is 8. The van der Waals surface area contributed by atoms with E-state index in [4.69, 9.17) is 4.42 Å². The molecular formula is C49H35NO. The van der Waals surface area contributed by atoms with Gasteiger partial charge in [0.1, 0.15) is 11.2 Å². The summed E-state index contributed by atoms with van der Waals surface area (Å²) in [6, 6.07) is 63.6. The predicted octanol–water partition coefficient (Wildman–Crippen LogP) is 13.8. The van der Waals surface area contributed by atoms with Crippen LogP contribution in [-0.4, -0.2) is 0 Å². The Hall–Kier alpha value is -6.38. The zero-order valence-corrected chi connectivity index (χ0v) is 28.6. The largest absolute Gasteiger partial charge is 0.456 e. The van der Waals surface area contributed by atoms with Gasteiger partial charge < -0.3 is 9.32 Å². The Balaban J connectivity index is 1.15. The van der Waals surface area contributed by atoms with E-state index < -0.39 is 0 Å². The molecule has 1 aliphatic carbocycles. The molecule has 0 amide bonds. The fourth-order valence-electron chi connectivity index (χ4n) is 8.29. The van der Waals surface area contributed by atoms with Crippen LogP contribution in [0.25, 0.3) is 66.1 Å². The number of fused-ring (bicyclic) bond motifs is 8. The van der Waals surface area contributed by atoms with Crippen molar-refractivity contribution in [3.63, 3.8) is 0 Å². The van der Waals surface area contributed by atoms with Gasteiger partial charge in [-0.1, -0.05) is 135 Å². The lowest BCUT2D eigenvalue weighted by molar-refractivity contribution is 0.660. The lowest BCUT2D eigenvalue weighted by Crippen LogP contribution is -2.16. The average Bonchev–Trinajstić information content (AvgIpc) is 3.67. The van der Waals surface area contributed by atoms with E-state index >= 15 is 0 Å². The normalized spacial score (nSPS) is 13.1. The minimum Gasteiger partial charge on any atom is -0.456 e. The molecule has 0 saturated heterocycles. The molecule has 0 aliphatic heterocycles. The first-order valence-electron chi connectivity index (χ1n) is 17.7. The van der Waals surface area contributed by atoms with Crippen molar-refractivity contribution in [2.75, 3.05) is 4.90 Å². The Morgan fingerprint density at radius 3 is 1.94 bits per heavy atom. The summed E-state index contributed by atoms with van der Waals surface area (Å²) in [5.74, 6) is 0. The van der Waals surface area contributed by atoms with Crippen LogP contribution in [0.4, 0.5) is 17.1 Å². The van der Waals surface area contributed by atoms with E-state index in [1.54, 1.807) is 0 Å². The average molecular weight is 654 g/mol. The topological polar surface area (TPSA) is 16.4 Å². The van der Waals surface area contributed by atoms with Crippen molar-refractivity contribution in [3.8, 4) is 33.4 Å². The molecule has 51 heavy (non-hydrogen) atoms. The molecule has 0 saturated carbocycles. The van der Waals surface area contributed by atoms with E-state index in [1.807, 2.05) is 0 Å². The fraction of sp³-hybridized carbons (Fsp3) is 0.0612. The first kappa shape index (κ1) is 29.5. The van der Waals surface area contributed by atoms with Gasteiger partial charge in [0, 0.05) is 39.3 Å². The molecule has 0 N–H and O–H groups in total. The van der Waals surface area contributed by atoms with E-state index in [-0.39, 0.29) is 5.41 Å². The fourth-order valence-corrected chi connectivity index (χ4v) is 8.29. The molecule has 1 heterocycles. The Morgan fingerprint density at radius 1 is 0.412 bits per heavy atom. The molecule has 1 aliphatic rings. The maximum atomic E-state index is 6.59. The van der Waals surface area contributed by atoms with Crippen LogP contribution >= 0.6 is 0 Å². The highest BCUT2D eigenvalue weighted by molar-refractivity contribution is 6.19. The second-order valence-corrected chi connectivity index (χ2v) is 14.2. The lowest BCUT2D eigenvalue weighted by Gasteiger charge is -2.28. The van der Waals surface area contributed by atoms with Gasteiger partial charge in [-0.2, -0.15) is 0 Å². The minimum absolute atomic E-state index is 0.114. The Morgan fingerprint density at radius 2 is 1.06 bits per heavy atom. The molecule has 1 aromatic heterocycles. The second-order valence-electron chi connectivity index (χ2n) is 14.2. The highest BCUT2D eigenvalue weighted by atomic mass is 16.3. The third-order valence-electron chi connectivity index (χ3n) is 10.8. The van der Waals surface area contributed by atoms with E-state index in [1.165, 1.54) is 60.7 Å². The van der Waals surface area contributed by atoms with E-state index in [0.717, 1.165) is 33.6 Å². The molecular weight excluding hydrogens is 619 g/mol. The van der Waals surface area contributed by atoms with Gasteiger partial charge in [-0.25, -0.2) is 0 Å². The third kappa shape index (κ3) is 4.71. The van der Waals surface area contributed by atoms with Crippen LogP contribution in [0.3, 0.4) is 0 Å². The molecule has 0 radical (unpaired) electrons. The molecule has 9 aromatic rings. The minimum atomic E-state index is -0.114. The van der Waals surface area contributed by atoms with Gasteiger partial charge in [-0.15, -0.1) is 0 Å². The molecule has 242 valence electrons. The molecule has 2 nitrogen and oxygen atoms in total. The van der Waals surface area contributed by atoms with Crippen LogP contribution in [0.5, 0.6) is 0 Å². The smallest absolute Gasteiger partial charge is 0.137 e. The van der Waals surface area contributed by atoms with Crippen LogP contribution in [-0.2, 0) is 5.41 Å². The van der Waals surface area contributed by atoms with Crippen LogP contribution in [0.15, 0.2) is 180 Å². The zero-order valence-electron chi connectivity index (χ0n) is 28.6. The zero-order chi connectivity index (χ0) is 34.1. The summed E-state index contributed by atoms with van der Waals surface area (Å²) in [7, 11) is 0. The summed E-state index contributed by atoms with van der Waals surface area (Å²) in [5.41, 5.74) is 15.1. The summed E-state index contributed by atoms with van der Waals surface area (Å²) in [5, 5.41) is 4.72. The van der Waals surface area contributed by atoms with Gasteiger partial charge >= 0.3 is 0 Å². The van der Waals surface area contributed by atoms with Gasteiger partial charge in [0.2, 0.25) is 0 Å². The number of nitrogens with zero attached hydrogens (tertiary/aromatic N) is 1. The molecule has 10 rings (SSSR count). The van der Waals surface area contributed by atoms with E-state index in [0.29, 0.717) is 0 Å². The number of anilines is 3. The maximum Gasteiger partial charge on any atom is 0.137 e. The van der Waals surface area contributed by atoms with Crippen molar-refractivity contribution in [3.05, 3.63) is 187 Å². The van der Waals surface area contributed by atoms with Crippen molar-refractivity contribution in [1.29, 1.82) is 0 Å². The number of rotatable bonds is 5. The van der Waals surface area contributed by atoms with Crippen molar-refractivity contribution < 1.29 is 4.42 Å². The summed E-state index contributed by atoms with van der Waals surface area (Å²) in [4.78, 5) is 2.38. The number of hydrogen-bond donors (Lipinski definition) is 0. The molecule has 0 spiro atoms. The van der Waals surface area contributed by atoms with Crippen LogP contribution in [0.2, 0.25) is 0 Å². The van der Waals surface area contributed by atoms with Crippen LogP contribution in [0.1, 0.15) is 25.0 Å². The SMILES string of the molecule is CC1(C)c2ccccc2-c2ccc(N(c3cccc(-c4cccc(-c5ccccc5)c4)c3)c3ccc4c(c3)oc3ccc5ccccc5c34)cc21. The first-order valence-corrected chi connectivity index (χ1v) is 17.7. The first-order chi connectivity index (χ1) is 25.0. The number of hydrogen-bond acceptors (Lipinski definition) is 2. The van der Waals surface area contributed by atoms with Gasteiger partial charge in [0.25, 0.3) is 0 Å². The predicted molar refractivity (Wildman–Crippen MR) is 214 cm³/mol. The lowest BCUT2D eigenvalue weighted by atomic mass is 9.82. The van der Waals surface area contributed by atoms with Crippen molar-refractivity contribution in [2.45, 2.75) is 19.3 Å². The molecule has 0 fully saturated rings. The van der Waals surface area contributed by atoms with Crippen molar-refractivity contribution in [2.24, 2.45) is 0 Å². The maximum absolute atomic E-state index is 6.59. The summed E-state index contributed by atoms with van der Waals surface area (Å²) < 4.78 is 6.59. The van der Waals surface area contributed by atoms with E-state index in [2.05, 4.69) is 195 Å². The van der Waals surface area contributed by atoms with Gasteiger partial charge in [0.15, 0.2) is 0 Å². The molecule has 2 heteroatoms. The third-order valence-corrected chi connectivity index (χ3v) is 10.8. The Bertz CT molecular complexity index is 2790. The van der Waals surface area contributed by atoms with Crippen molar-refractivity contribution >= 4 is 49.8 Å². The Kier molecular flexibility index (Phi) is 6.56. The molecule has 0 bridgehead atoms.